The second-order valence-corrected chi connectivity index (χ2v) is 9.69. The SMILES string of the molecule is CCCC(=O)N(CC(=O)OCC)c1cc2c3c([nH]c2cc1CCC)C1=NCC(CC)C=C1CCC3. The number of aliphatic imine (C=N–C) groups is 1. The quantitative estimate of drug-likeness (QED) is 0.456. The van der Waals surface area contributed by atoms with Crippen molar-refractivity contribution in [2.45, 2.75) is 79.1 Å². The number of hydrogen-bond donors (Lipinski definition) is 1. The number of rotatable bonds is 9. The lowest BCUT2D eigenvalue weighted by atomic mass is 9.94. The first-order chi connectivity index (χ1) is 17.0. The summed E-state index contributed by atoms with van der Waals surface area (Å²) in [4.78, 5) is 36.0. The van der Waals surface area contributed by atoms with E-state index in [9.17, 15) is 9.59 Å². The summed E-state index contributed by atoms with van der Waals surface area (Å²) >= 11 is 0. The number of nitrogens with one attached hydrogen (secondary N) is 1. The second kappa shape index (κ2) is 11.2. The van der Waals surface area contributed by atoms with Gasteiger partial charge >= 0.3 is 5.97 Å². The van der Waals surface area contributed by atoms with E-state index in [4.69, 9.17) is 9.73 Å². The molecule has 0 saturated carbocycles. The van der Waals surface area contributed by atoms with Gasteiger partial charge in [-0.3, -0.25) is 14.6 Å². The molecule has 0 bridgehead atoms. The topological polar surface area (TPSA) is 74.8 Å². The summed E-state index contributed by atoms with van der Waals surface area (Å²) in [5.41, 5.74) is 7.90. The third-order valence-corrected chi connectivity index (χ3v) is 7.13. The second-order valence-electron chi connectivity index (χ2n) is 9.69. The van der Waals surface area contributed by atoms with E-state index < -0.39 is 0 Å². The van der Waals surface area contributed by atoms with Crippen LogP contribution in [0, 0.1) is 5.92 Å². The number of aryl methyl sites for hydroxylation is 2. The van der Waals surface area contributed by atoms with Crippen LogP contribution in [0.4, 0.5) is 5.69 Å². The Labute approximate surface area is 208 Å². The Hall–Kier alpha value is -2.89. The van der Waals surface area contributed by atoms with Gasteiger partial charge in [-0.05, 0) is 80.2 Å². The summed E-state index contributed by atoms with van der Waals surface area (Å²) in [6.45, 7) is 9.23. The van der Waals surface area contributed by atoms with Gasteiger partial charge in [-0.1, -0.05) is 33.3 Å². The predicted octanol–water partition coefficient (Wildman–Crippen LogP) is 5.91. The lowest BCUT2D eigenvalue weighted by molar-refractivity contribution is -0.142. The Balaban J connectivity index is 1.84. The van der Waals surface area contributed by atoms with Crippen molar-refractivity contribution in [1.82, 2.24) is 4.98 Å². The zero-order valence-electron chi connectivity index (χ0n) is 21.7. The van der Waals surface area contributed by atoms with Gasteiger partial charge < -0.3 is 14.6 Å². The lowest BCUT2D eigenvalue weighted by Crippen LogP contribution is -2.37. The molecule has 0 radical (unpaired) electrons. The first-order valence-corrected chi connectivity index (χ1v) is 13.4. The van der Waals surface area contributed by atoms with Gasteiger partial charge in [0.15, 0.2) is 0 Å². The molecule has 4 rings (SSSR count). The van der Waals surface area contributed by atoms with Crippen LogP contribution < -0.4 is 4.90 Å². The van der Waals surface area contributed by atoms with Gasteiger partial charge in [-0.2, -0.15) is 0 Å². The Morgan fingerprint density at radius 1 is 1.14 bits per heavy atom. The molecule has 2 aliphatic rings. The Kier molecular flexibility index (Phi) is 8.09. The molecule has 6 heteroatoms. The number of esters is 1. The van der Waals surface area contributed by atoms with Gasteiger partial charge in [0, 0.05) is 29.6 Å². The number of allylic oxidation sites excluding steroid dienone is 1. The minimum Gasteiger partial charge on any atom is -0.465 e. The molecular weight excluding hydrogens is 438 g/mol. The van der Waals surface area contributed by atoms with Gasteiger partial charge in [0.25, 0.3) is 0 Å². The third kappa shape index (κ3) is 5.21. The number of ether oxygens (including phenoxy) is 1. The maximum Gasteiger partial charge on any atom is 0.326 e. The van der Waals surface area contributed by atoms with E-state index in [-0.39, 0.29) is 18.4 Å². The van der Waals surface area contributed by atoms with Gasteiger partial charge in [-0.25, -0.2) is 0 Å². The number of amides is 1. The molecular formula is C29H39N3O3. The molecule has 1 unspecified atom stereocenters. The molecule has 1 aliphatic heterocycles. The summed E-state index contributed by atoms with van der Waals surface area (Å²) in [6.07, 6.45) is 9.56. The van der Waals surface area contributed by atoms with Gasteiger partial charge in [-0.15, -0.1) is 0 Å². The van der Waals surface area contributed by atoms with E-state index in [0.29, 0.717) is 18.9 Å². The monoisotopic (exact) mass is 477 g/mol. The van der Waals surface area contributed by atoms with Crippen LogP contribution in [0.25, 0.3) is 10.9 Å². The fraction of sp³-hybridized carbons (Fsp3) is 0.552. The number of fused-ring (bicyclic) bond motifs is 5. The molecule has 2 aromatic rings. The summed E-state index contributed by atoms with van der Waals surface area (Å²) < 4.78 is 5.22. The number of aromatic amines is 1. The number of dihydropyridines is 1. The number of aromatic nitrogens is 1. The molecule has 35 heavy (non-hydrogen) atoms. The number of anilines is 1. The van der Waals surface area contributed by atoms with E-state index in [1.807, 2.05) is 6.92 Å². The largest absolute Gasteiger partial charge is 0.465 e. The molecule has 1 atom stereocenters. The summed E-state index contributed by atoms with van der Waals surface area (Å²) in [5, 5.41) is 1.13. The highest BCUT2D eigenvalue weighted by molar-refractivity contribution is 6.16. The van der Waals surface area contributed by atoms with Crippen molar-refractivity contribution in [3.8, 4) is 0 Å². The predicted molar refractivity (Wildman–Crippen MR) is 142 cm³/mol. The number of carbonyl (C=O) groups excluding carboxylic acids is 2. The maximum absolute atomic E-state index is 13.2. The molecule has 188 valence electrons. The van der Waals surface area contributed by atoms with Crippen LogP contribution in [0.5, 0.6) is 0 Å². The van der Waals surface area contributed by atoms with Crippen LogP contribution in [0.2, 0.25) is 0 Å². The summed E-state index contributed by atoms with van der Waals surface area (Å²) in [5.74, 6) is 0.124. The van der Waals surface area contributed by atoms with Crippen LogP contribution in [0.15, 0.2) is 28.8 Å². The Morgan fingerprint density at radius 2 is 1.97 bits per heavy atom. The van der Waals surface area contributed by atoms with E-state index in [0.717, 1.165) is 85.0 Å². The van der Waals surface area contributed by atoms with Crippen molar-refractivity contribution >= 4 is 34.2 Å². The normalized spacial score (nSPS) is 17.2. The Bertz CT molecular complexity index is 1160. The van der Waals surface area contributed by atoms with Crippen LogP contribution in [-0.2, 0) is 27.2 Å². The molecule has 0 spiro atoms. The number of H-pyrrole nitrogens is 1. The van der Waals surface area contributed by atoms with Crippen molar-refractivity contribution in [1.29, 1.82) is 0 Å². The standard InChI is InChI=1S/C29H39N3O3/c1-5-10-20-15-24-23(16-25(20)32(26(33)11-6-2)18-27(34)35-8-4)22-13-9-12-21-14-19(7-3)17-30-28(21)29(22)31-24/h14-16,19,31H,5-13,17-18H2,1-4H3. The fourth-order valence-electron chi connectivity index (χ4n) is 5.38. The van der Waals surface area contributed by atoms with E-state index in [2.05, 4.69) is 37.0 Å². The highest BCUT2D eigenvalue weighted by atomic mass is 16.5. The highest BCUT2D eigenvalue weighted by Crippen LogP contribution is 2.37. The van der Waals surface area contributed by atoms with E-state index >= 15 is 0 Å². The first kappa shape index (κ1) is 25.2. The fourth-order valence-corrected chi connectivity index (χ4v) is 5.38. The van der Waals surface area contributed by atoms with Crippen LogP contribution in [0.1, 0.15) is 83.0 Å². The molecule has 6 nitrogen and oxygen atoms in total. The van der Waals surface area contributed by atoms with Crippen molar-refractivity contribution < 1.29 is 14.3 Å². The average molecular weight is 478 g/mol. The molecule has 1 N–H and O–H groups in total. The first-order valence-electron chi connectivity index (χ1n) is 13.4. The van der Waals surface area contributed by atoms with E-state index in [1.165, 1.54) is 11.1 Å². The maximum atomic E-state index is 13.2. The summed E-state index contributed by atoms with van der Waals surface area (Å²) in [7, 11) is 0. The lowest BCUT2D eigenvalue weighted by Gasteiger charge is -2.25. The number of carbonyl (C=O) groups is 2. The average Bonchev–Trinajstić information content (AvgIpc) is 3.09. The number of benzene rings is 1. The van der Waals surface area contributed by atoms with Crippen LogP contribution in [-0.4, -0.2) is 42.3 Å². The summed E-state index contributed by atoms with van der Waals surface area (Å²) in [6, 6.07) is 4.32. The molecule has 1 aromatic carbocycles. The smallest absolute Gasteiger partial charge is 0.326 e. The molecule has 2 heterocycles. The number of hydrogen-bond acceptors (Lipinski definition) is 4. The van der Waals surface area contributed by atoms with Crippen molar-refractivity contribution in [3.63, 3.8) is 0 Å². The molecule has 0 fully saturated rings. The molecule has 1 amide bonds. The Morgan fingerprint density at radius 3 is 2.69 bits per heavy atom. The zero-order valence-corrected chi connectivity index (χ0v) is 21.7. The van der Waals surface area contributed by atoms with Crippen LogP contribution >= 0.6 is 0 Å². The minimum atomic E-state index is -0.371. The zero-order chi connectivity index (χ0) is 24.9. The van der Waals surface area contributed by atoms with Gasteiger partial charge in [0.05, 0.1) is 18.0 Å². The minimum absolute atomic E-state index is 0.0358. The third-order valence-electron chi connectivity index (χ3n) is 7.13. The van der Waals surface area contributed by atoms with Crippen molar-refractivity contribution in [3.05, 3.63) is 40.6 Å². The van der Waals surface area contributed by atoms with E-state index in [1.54, 1.807) is 11.8 Å². The van der Waals surface area contributed by atoms with Gasteiger partial charge in [0.2, 0.25) is 5.91 Å². The van der Waals surface area contributed by atoms with Crippen LogP contribution in [0.3, 0.4) is 0 Å². The molecule has 0 saturated heterocycles. The van der Waals surface area contributed by atoms with Crippen molar-refractivity contribution in [2.24, 2.45) is 10.9 Å². The van der Waals surface area contributed by atoms with Gasteiger partial charge in [0.1, 0.15) is 6.54 Å². The highest BCUT2D eigenvalue weighted by Gasteiger charge is 2.28. The van der Waals surface area contributed by atoms with Crippen molar-refractivity contribution in [2.75, 3.05) is 24.6 Å². The molecule has 1 aliphatic carbocycles. The number of nitrogens with zero attached hydrogens (tertiary/aromatic N) is 2. The molecule has 1 aromatic heterocycles.